The lowest BCUT2D eigenvalue weighted by molar-refractivity contribution is 0.209. The van der Waals surface area contributed by atoms with Gasteiger partial charge in [-0.2, -0.15) is 0 Å². The molecular weight excluding hydrogens is 312 g/mol. The molecular formula is C17H16N2O3S. The summed E-state index contributed by atoms with van der Waals surface area (Å²) in [6.07, 6.45) is 0. The van der Waals surface area contributed by atoms with Crippen molar-refractivity contribution in [2.45, 2.75) is 13.0 Å². The number of fused-ring (bicyclic) bond motifs is 1. The van der Waals surface area contributed by atoms with E-state index in [1.807, 2.05) is 24.4 Å². The van der Waals surface area contributed by atoms with Crippen LogP contribution in [0.5, 0.6) is 0 Å². The third-order valence-electron chi connectivity index (χ3n) is 3.73. The zero-order valence-electron chi connectivity index (χ0n) is 12.8. The molecule has 0 bridgehead atoms. The maximum absolute atomic E-state index is 12.4. The number of benzene rings is 1. The molecule has 0 aliphatic heterocycles. The Hall–Kier alpha value is -2.60. The molecule has 0 radical (unpaired) electrons. The zero-order chi connectivity index (χ0) is 16.4. The Morgan fingerprint density at radius 1 is 1.26 bits per heavy atom. The summed E-state index contributed by atoms with van der Waals surface area (Å²) < 4.78 is 5.08. The van der Waals surface area contributed by atoms with Crippen molar-refractivity contribution >= 4 is 34.0 Å². The van der Waals surface area contributed by atoms with Gasteiger partial charge in [0.15, 0.2) is 0 Å². The molecule has 0 saturated heterocycles. The summed E-state index contributed by atoms with van der Waals surface area (Å²) in [6.45, 7) is 1.99. The molecule has 118 valence electrons. The Morgan fingerprint density at radius 2 is 2.09 bits per heavy atom. The summed E-state index contributed by atoms with van der Waals surface area (Å²) in [5.41, 5.74) is 0.760. The van der Waals surface area contributed by atoms with E-state index < -0.39 is 5.63 Å². The summed E-state index contributed by atoms with van der Waals surface area (Å²) in [7, 11) is 1.76. The zero-order valence-corrected chi connectivity index (χ0v) is 13.6. The van der Waals surface area contributed by atoms with Gasteiger partial charge >= 0.3 is 11.7 Å². The summed E-state index contributed by atoms with van der Waals surface area (Å²) in [5, 5.41) is 5.62. The number of nitrogens with one attached hydrogen (secondary N) is 1. The molecule has 1 aromatic carbocycles. The van der Waals surface area contributed by atoms with Gasteiger partial charge in [-0.25, -0.2) is 9.59 Å². The molecule has 0 fully saturated rings. The number of carbonyl (C=O) groups is 1. The first-order chi connectivity index (χ1) is 11.0. The first-order valence-corrected chi connectivity index (χ1v) is 8.04. The molecule has 0 saturated carbocycles. The molecule has 3 aromatic rings. The molecule has 0 aliphatic carbocycles. The predicted octanol–water partition coefficient (Wildman–Crippen LogP) is 4.08. The Morgan fingerprint density at radius 3 is 2.83 bits per heavy atom. The van der Waals surface area contributed by atoms with Gasteiger partial charge < -0.3 is 14.6 Å². The lowest BCUT2D eigenvalue weighted by Gasteiger charge is -2.24. The van der Waals surface area contributed by atoms with Crippen molar-refractivity contribution in [2.75, 3.05) is 12.4 Å². The van der Waals surface area contributed by atoms with Gasteiger partial charge in [0.05, 0.1) is 6.04 Å². The van der Waals surface area contributed by atoms with E-state index in [0.717, 1.165) is 10.3 Å². The average Bonchev–Trinajstić information content (AvgIpc) is 3.08. The third kappa shape index (κ3) is 3.27. The maximum atomic E-state index is 12.4. The lowest BCUT2D eigenvalue weighted by Crippen LogP contribution is -2.33. The van der Waals surface area contributed by atoms with Crippen molar-refractivity contribution in [3.8, 4) is 0 Å². The highest BCUT2D eigenvalue weighted by Crippen LogP contribution is 2.24. The molecule has 1 atom stereocenters. The first-order valence-electron chi connectivity index (χ1n) is 7.16. The van der Waals surface area contributed by atoms with Crippen LogP contribution >= 0.6 is 11.3 Å². The second-order valence-electron chi connectivity index (χ2n) is 5.24. The summed E-state index contributed by atoms with van der Waals surface area (Å²) in [6, 6.07) is 12.0. The number of hydrogen-bond donors (Lipinski definition) is 1. The fraction of sp³-hybridized carbons (Fsp3) is 0.176. The molecule has 0 aliphatic rings. The largest absolute Gasteiger partial charge is 0.423 e. The van der Waals surface area contributed by atoms with E-state index in [1.165, 1.54) is 6.07 Å². The van der Waals surface area contributed by atoms with Crippen LogP contribution in [0.3, 0.4) is 0 Å². The molecule has 2 amide bonds. The molecule has 5 nitrogen and oxygen atoms in total. The Labute approximate surface area is 137 Å². The first kappa shape index (κ1) is 15.3. The normalized spacial score (nSPS) is 12.1. The van der Waals surface area contributed by atoms with Crippen molar-refractivity contribution in [2.24, 2.45) is 0 Å². The fourth-order valence-corrected chi connectivity index (χ4v) is 3.08. The number of urea groups is 1. The van der Waals surface area contributed by atoms with Crippen LogP contribution in [0.25, 0.3) is 11.0 Å². The number of carbonyl (C=O) groups excluding carboxylic acids is 1. The average molecular weight is 328 g/mol. The molecule has 0 spiro atoms. The van der Waals surface area contributed by atoms with Crippen molar-refractivity contribution < 1.29 is 9.21 Å². The minimum absolute atomic E-state index is 0.00604. The molecule has 6 heteroatoms. The van der Waals surface area contributed by atoms with Gasteiger partial charge in [-0.1, -0.05) is 6.07 Å². The van der Waals surface area contributed by atoms with Gasteiger partial charge in [0, 0.05) is 29.1 Å². The van der Waals surface area contributed by atoms with E-state index >= 15 is 0 Å². The number of anilines is 1. The quantitative estimate of drug-likeness (QED) is 0.737. The van der Waals surface area contributed by atoms with Crippen molar-refractivity contribution in [1.82, 2.24) is 4.90 Å². The van der Waals surface area contributed by atoms with E-state index in [4.69, 9.17) is 4.42 Å². The van der Waals surface area contributed by atoms with E-state index in [9.17, 15) is 9.59 Å². The minimum atomic E-state index is -0.390. The molecule has 3 rings (SSSR count). The Kier molecular flexibility index (Phi) is 4.16. The standard InChI is InChI=1S/C17H16N2O3S/c1-11(15-4-3-9-23-15)19(2)17(21)18-13-6-7-14-12(10-13)5-8-16(20)22-14/h3-11H,1-2H3,(H,18,21). The van der Waals surface area contributed by atoms with Gasteiger partial charge in [0.2, 0.25) is 0 Å². The van der Waals surface area contributed by atoms with Gasteiger partial charge in [-0.05, 0) is 42.6 Å². The van der Waals surface area contributed by atoms with Crippen LogP contribution in [0.4, 0.5) is 10.5 Å². The van der Waals surface area contributed by atoms with Crippen molar-refractivity contribution in [1.29, 1.82) is 0 Å². The number of nitrogens with zero attached hydrogens (tertiary/aromatic N) is 1. The van der Waals surface area contributed by atoms with Gasteiger partial charge in [-0.3, -0.25) is 0 Å². The summed E-state index contributed by atoms with van der Waals surface area (Å²) in [4.78, 5) is 26.3. The Balaban J connectivity index is 1.77. The number of rotatable bonds is 3. The fourth-order valence-electron chi connectivity index (χ4n) is 2.26. The lowest BCUT2D eigenvalue weighted by atomic mass is 10.2. The number of hydrogen-bond acceptors (Lipinski definition) is 4. The van der Waals surface area contributed by atoms with Crippen LogP contribution in [-0.2, 0) is 0 Å². The second-order valence-corrected chi connectivity index (χ2v) is 6.22. The second kappa shape index (κ2) is 6.26. The number of thiophene rings is 1. The van der Waals surface area contributed by atoms with Crippen LogP contribution in [0.2, 0.25) is 0 Å². The Bertz CT molecular complexity index is 886. The monoisotopic (exact) mass is 328 g/mol. The smallest absolute Gasteiger partial charge is 0.336 e. The van der Waals surface area contributed by atoms with Crippen LogP contribution in [0, 0.1) is 0 Å². The van der Waals surface area contributed by atoms with Crippen LogP contribution < -0.4 is 10.9 Å². The highest BCUT2D eigenvalue weighted by atomic mass is 32.1. The highest BCUT2D eigenvalue weighted by Gasteiger charge is 2.18. The SMILES string of the molecule is CC(c1cccs1)N(C)C(=O)Nc1ccc2oc(=O)ccc2c1. The maximum Gasteiger partial charge on any atom is 0.336 e. The summed E-state index contributed by atoms with van der Waals surface area (Å²) >= 11 is 1.62. The molecule has 23 heavy (non-hydrogen) atoms. The van der Waals surface area contributed by atoms with E-state index in [-0.39, 0.29) is 12.1 Å². The van der Waals surface area contributed by atoms with Crippen molar-refractivity contribution in [3.05, 3.63) is 63.1 Å². The van der Waals surface area contributed by atoms with E-state index in [2.05, 4.69) is 5.32 Å². The van der Waals surface area contributed by atoms with Crippen molar-refractivity contribution in [3.63, 3.8) is 0 Å². The minimum Gasteiger partial charge on any atom is -0.423 e. The topological polar surface area (TPSA) is 62.6 Å². The van der Waals surface area contributed by atoms with Crippen LogP contribution in [0.1, 0.15) is 17.8 Å². The van der Waals surface area contributed by atoms with Crippen LogP contribution in [-0.4, -0.2) is 18.0 Å². The highest BCUT2D eigenvalue weighted by molar-refractivity contribution is 7.10. The number of amides is 2. The molecule has 2 heterocycles. The molecule has 1 unspecified atom stereocenters. The third-order valence-corrected chi connectivity index (χ3v) is 4.77. The molecule has 1 N–H and O–H groups in total. The van der Waals surface area contributed by atoms with Gasteiger partial charge in [0.1, 0.15) is 5.58 Å². The van der Waals surface area contributed by atoms with E-state index in [1.54, 1.807) is 47.5 Å². The summed E-state index contributed by atoms with van der Waals surface area (Å²) in [5.74, 6) is 0. The van der Waals surface area contributed by atoms with Gasteiger partial charge in [-0.15, -0.1) is 11.3 Å². The van der Waals surface area contributed by atoms with Gasteiger partial charge in [0.25, 0.3) is 0 Å². The van der Waals surface area contributed by atoms with E-state index in [0.29, 0.717) is 11.3 Å². The molecule has 2 aromatic heterocycles. The predicted molar refractivity (Wildman–Crippen MR) is 92.0 cm³/mol. The van der Waals surface area contributed by atoms with Crippen LogP contribution in [0.15, 0.2) is 57.1 Å².